The number of nitrogens with one attached hydrogen (secondary N) is 1. The second-order valence-corrected chi connectivity index (χ2v) is 7.45. The Labute approximate surface area is 189 Å². The van der Waals surface area contributed by atoms with Crippen LogP contribution in [0.3, 0.4) is 0 Å². The van der Waals surface area contributed by atoms with Gasteiger partial charge in [0.1, 0.15) is 11.5 Å². The van der Waals surface area contributed by atoms with Crippen LogP contribution in [0.25, 0.3) is 0 Å². The summed E-state index contributed by atoms with van der Waals surface area (Å²) in [4.78, 5) is 38.2. The molecule has 3 aromatic rings. The molecule has 1 N–H and O–H groups in total. The number of ketones is 1. The van der Waals surface area contributed by atoms with Crippen molar-refractivity contribution >= 4 is 34.7 Å². The van der Waals surface area contributed by atoms with Gasteiger partial charge in [-0.2, -0.15) is 0 Å². The summed E-state index contributed by atoms with van der Waals surface area (Å²) < 4.78 is 16.2. The van der Waals surface area contributed by atoms with Crippen LogP contribution in [0.5, 0.6) is 11.5 Å². The van der Waals surface area contributed by atoms with Gasteiger partial charge in [0.15, 0.2) is 6.61 Å². The molecule has 0 saturated heterocycles. The minimum Gasteiger partial charge on any atom is -0.494 e. The maximum Gasteiger partial charge on any atom is 0.339 e. The number of amides is 1. The van der Waals surface area contributed by atoms with E-state index in [0.717, 1.165) is 0 Å². The Hall–Kier alpha value is -3.65. The zero-order valence-electron chi connectivity index (χ0n) is 17.8. The van der Waals surface area contributed by atoms with Crippen LogP contribution in [0.4, 0.5) is 5.69 Å². The molecule has 1 heterocycles. The lowest BCUT2D eigenvalue weighted by Gasteiger charge is -2.14. The van der Waals surface area contributed by atoms with Crippen molar-refractivity contribution in [3.63, 3.8) is 0 Å². The van der Waals surface area contributed by atoms with Crippen LogP contribution < -0.4 is 14.8 Å². The highest BCUT2D eigenvalue weighted by Gasteiger charge is 2.20. The summed E-state index contributed by atoms with van der Waals surface area (Å²) in [6, 6.07) is 14.9. The van der Waals surface area contributed by atoms with E-state index in [1.54, 1.807) is 53.9 Å². The Morgan fingerprint density at radius 3 is 2.34 bits per heavy atom. The average Bonchev–Trinajstić information content (AvgIpc) is 3.34. The molecular weight excluding hydrogens is 430 g/mol. The average molecular weight is 454 g/mol. The molecule has 0 bridgehead atoms. The van der Waals surface area contributed by atoms with Gasteiger partial charge in [-0.25, -0.2) is 4.79 Å². The zero-order valence-corrected chi connectivity index (χ0v) is 18.6. The number of rotatable bonds is 10. The largest absolute Gasteiger partial charge is 0.494 e. The van der Waals surface area contributed by atoms with Gasteiger partial charge >= 0.3 is 5.97 Å². The first-order chi connectivity index (χ1) is 15.5. The fraction of sp³-hybridized carbons (Fsp3) is 0.208. The maximum absolute atomic E-state index is 12.7. The lowest BCUT2D eigenvalue weighted by molar-refractivity contribution is -0.119. The number of carbonyl (C=O) groups is 3. The highest BCUT2D eigenvalue weighted by atomic mass is 32.1. The van der Waals surface area contributed by atoms with E-state index in [1.807, 2.05) is 13.8 Å². The fourth-order valence-electron chi connectivity index (χ4n) is 2.94. The van der Waals surface area contributed by atoms with Crippen LogP contribution >= 0.6 is 11.3 Å². The van der Waals surface area contributed by atoms with Crippen LogP contribution in [-0.2, 0) is 9.53 Å². The summed E-state index contributed by atoms with van der Waals surface area (Å²) in [6.07, 6.45) is 0. The molecule has 0 spiro atoms. The van der Waals surface area contributed by atoms with Gasteiger partial charge < -0.3 is 19.5 Å². The number of esters is 1. The van der Waals surface area contributed by atoms with E-state index < -0.39 is 18.5 Å². The third-order valence-electron chi connectivity index (χ3n) is 4.31. The van der Waals surface area contributed by atoms with Crippen molar-refractivity contribution in [3.05, 3.63) is 76.0 Å². The SMILES string of the molecule is CCOc1ccc(OCC)c(NC(=O)COC(=O)c2ccccc2C(=O)c2cccs2)c1. The van der Waals surface area contributed by atoms with E-state index in [-0.39, 0.29) is 16.9 Å². The van der Waals surface area contributed by atoms with E-state index in [1.165, 1.54) is 17.4 Å². The predicted molar refractivity (Wildman–Crippen MR) is 122 cm³/mol. The molecule has 0 fully saturated rings. The predicted octanol–water partition coefficient (Wildman–Crippen LogP) is 4.57. The Bertz CT molecular complexity index is 1090. The quantitative estimate of drug-likeness (QED) is 0.357. The topological polar surface area (TPSA) is 90.9 Å². The summed E-state index contributed by atoms with van der Waals surface area (Å²) in [5.41, 5.74) is 0.738. The summed E-state index contributed by atoms with van der Waals surface area (Å²) >= 11 is 1.29. The molecule has 1 aromatic heterocycles. The van der Waals surface area contributed by atoms with Crippen molar-refractivity contribution < 1.29 is 28.6 Å². The molecule has 0 aliphatic heterocycles. The van der Waals surface area contributed by atoms with Crippen molar-refractivity contribution in [1.29, 1.82) is 0 Å². The second-order valence-electron chi connectivity index (χ2n) is 6.50. The zero-order chi connectivity index (χ0) is 22.9. The Morgan fingerprint density at radius 2 is 1.66 bits per heavy atom. The van der Waals surface area contributed by atoms with Crippen molar-refractivity contribution in [2.75, 3.05) is 25.1 Å². The van der Waals surface area contributed by atoms with Crippen LogP contribution in [0.1, 0.15) is 39.4 Å². The highest BCUT2D eigenvalue weighted by Crippen LogP contribution is 2.29. The summed E-state index contributed by atoms with van der Waals surface area (Å²) in [7, 11) is 0. The third-order valence-corrected chi connectivity index (χ3v) is 5.18. The van der Waals surface area contributed by atoms with Gasteiger partial charge in [-0.15, -0.1) is 11.3 Å². The van der Waals surface area contributed by atoms with Gasteiger partial charge in [-0.05, 0) is 43.5 Å². The van der Waals surface area contributed by atoms with Crippen molar-refractivity contribution in [2.45, 2.75) is 13.8 Å². The van der Waals surface area contributed by atoms with Crippen LogP contribution in [0.2, 0.25) is 0 Å². The minimum atomic E-state index is -0.756. The Balaban J connectivity index is 1.68. The second kappa shape index (κ2) is 11.1. The van der Waals surface area contributed by atoms with Gasteiger partial charge in [-0.3, -0.25) is 9.59 Å². The molecule has 0 aliphatic rings. The first-order valence-corrected chi connectivity index (χ1v) is 10.9. The van der Waals surface area contributed by atoms with Crippen LogP contribution in [0, 0.1) is 0 Å². The van der Waals surface area contributed by atoms with Gasteiger partial charge in [-0.1, -0.05) is 24.3 Å². The molecule has 0 atom stereocenters. The van der Waals surface area contributed by atoms with Gasteiger partial charge in [0, 0.05) is 11.6 Å². The lowest BCUT2D eigenvalue weighted by atomic mass is 10.0. The first kappa shape index (κ1) is 23.0. The van der Waals surface area contributed by atoms with Crippen molar-refractivity contribution in [3.8, 4) is 11.5 Å². The Morgan fingerprint density at radius 1 is 0.906 bits per heavy atom. The van der Waals surface area contributed by atoms with Crippen LogP contribution in [0.15, 0.2) is 60.0 Å². The number of benzene rings is 2. The standard InChI is InChI=1S/C24H23NO6S/c1-3-29-16-11-12-20(30-4-2)19(14-16)25-22(26)15-31-24(28)18-9-6-5-8-17(18)23(27)21-10-7-13-32-21/h5-14H,3-4,15H2,1-2H3,(H,25,26). The third kappa shape index (κ3) is 5.73. The number of hydrogen-bond acceptors (Lipinski definition) is 7. The first-order valence-electron chi connectivity index (χ1n) is 10.1. The fourth-order valence-corrected chi connectivity index (χ4v) is 3.62. The van der Waals surface area contributed by atoms with Crippen molar-refractivity contribution in [1.82, 2.24) is 0 Å². The number of thiophene rings is 1. The molecule has 0 radical (unpaired) electrons. The molecule has 0 saturated carbocycles. The Kier molecular flexibility index (Phi) is 7.99. The molecule has 166 valence electrons. The molecule has 8 heteroatoms. The number of hydrogen-bond donors (Lipinski definition) is 1. The summed E-state index contributed by atoms with van der Waals surface area (Å²) in [5, 5.41) is 4.46. The normalized spacial score (nSPS) is 10.3. The molecule has 0 aliphatic carbocycles. The summed E-state index contributed by atoms with van der Waals surface area (Å²) in [5.74, 6) is -0.526. The van der Waals surface area contributed by atoms with Crippen molar-refractivity contribution in [2.24, 2.45) is 0 Å². The molecular formula is C24H23NO6S. The minimum absolute atomic E-state index is 0.104. The molecule has 3 rings (SSSR count). The van der Waals surface area contributed by atoms with Gasteiger partial charge in [0.2, 0.25) is 5.78 Å². The van der Waals surface area contributed by atoms with E-state index in [4.69, 9.17) is 14.2 Å². The van der Waals surface area contributed by atoms with E-state index >= 15 is 0 Å². The van der Waals surface area contributed by atoms with E-state index in [9.17, 15) is 14.4 Å². The van der Waals surface area contributed by atoms with E-state index in [0.29, 0.717) is 35.3 Å². The lowest BCUT2D eigenvalue weighted by Crippen LogP contribution is -2.22. The number of ether oxygens (including phenoxy) is 3. The molecule has 2 aromatic carbocycles. The molecule has 1 amide bonds. The molecule has 32 heavy (non-hydrogen) atoms. The summed E-state index contributed by atoms with van der Waals surface area (Å²) in [6.45, 7) is 4.06. The number of anilines is 1. The maximum atomic E-state index is 12.7. The number of carbonyl (C=O) groups excluding carboxylic acids is 3. The molecule has 7 nitrogen and oxygen atoms in total. The van der Waals surface area contributed by atoms with Gasteiger partial charge in [0.25, 0.3) is 5.91 Å². The van der Waals surface area contributed by atoms with Gasteiger partial charge in [0.05, 0.1) is 29.3 Å². The molecule has 0 unspecified atom stereocenters. The highest BCUT2D eigenvalue weighted by molar-refractivity contribution is 7.12. The smallest absolute Gasteiger partial charge is 0.339 e. The monoisotopic (exact) mass is 453 g/mol. The van der Waals surface area contributed by atoms with E-state index in [2.05, 4.69) is 5.32 Å². The van der Waals surface area contributed by atoms with Crippen LogP contribution in [-0.4, -0.2) is 37.5 Å².